The minimum absolute atomic E-state index is 0.108. The minimum Gasteiger partial charge on any atom is -0.421 e. The fourth-order valence-electron chi connectivity index (χ4n) is 3.78. The average Bonchev–Trinajstić information content (AvgIpc) is 2.74. The highest BCUT2D eigenvalue weighted by molar-refractivity contribution is 5.83. The van der Waals surface area contributed by atoms with Crippen molar-refractivity contribution in [1.82, 2.24) is 4.90 Å². The molecule has 0 aromatic heterocycles. The van der Waals surface area contributed by atoms with Crippen LogP contribution in [0.2, 0.25) is 0 Å². The van der Waals surface area contributed by atoms with Crippen molar-refractivity contribution in [2.24, 2.45) is 5.92 Å². The number of nitro benzene ring substituents is 1. The predicted octanol–water partition coefficient (Wildman–Crippen LogP) is 3.31. The Morgan fingerprint density at radius 2 is 1.79 bits per heavy atom. The highest BCUT2D eigenvalue weighted by Gasteiger charge is 2.32. The molecule has 0 spiro atoms. The summed E-state index contributed by atoms with van der Waals surface area (Å²) in [5, 5.41) is 10.7. The van der Waals surface area contributed by atoms with E-state index in [9.17, 15) is 19.7 Å². The van der Waals surface area contributed by atoms with E-state index < -0.39 is 17.2 Å². The van der Waals surface area contributed by atoms with E-state index in [0.717, 1.165) is 25.7 Å². The van der Waals surface area contributed by atoms with Crippen LogP contribution in [0.25, 0.3) is 0 Å². The van der Waals surface area contributed by atoms with Crippen molar-refractivity contribution in [3.8, 4) is 5.75 Å². The standard InChI is InChI=1S/C20H26N2O7/c23-19(21-10-12-27-13-11-21)18(14-15-4-2-1-3-5-15)29-20(24)28-17-8-6-16(7-9-17)22(25)26/h6-9,15,18H,1-5,10-14H2/t18-/m1/s1. The molecular weight excluding hydrogens is 380 g/mol. The smallest absolute Gasteiger partial charge is 0.421 e. The molecule has 1 saturated heterocycles. The summed E-state index contributed by atoms with van der Waals surface area (Å²) in [6.07, 6.45) is 4.07. The first-order chi connectivity index (χ1) is 14.0. The number of carbonyl (C=O) groups is 2. The van der Waals surface area contributed by atoms with Gasteiger partial charge in [0.15, 0.2) is 6.10 Å². The summed E-state index contributed by atoms with van der Waals surface area (Å²) < 4.78 is 15.8. The molecule has 0 radical (unpaired) electrons. The third-order valence-electron chi connectivity index (χ3n) is 5.36. The normalized spacial score (nSPS) is 18.7. The molecule has 1 heterocycles. The first-order valence-electron chi connectivity index (χ1n) is 10.0. The Kier molecular flexibility index (Phi) is 7.40. The van der Waals surface area contributed by atoms with Gasteiger partial charge in [-0.15, -0.1) is 0 Å². The summed E-state index contributed by atoms with van der Waals surface area (Å²) in [4.78, 5) is 37.1. The van der Waals surface area contributed by atoms with Crippen LogP contribution in [0.1, 0.15) is 38.5 Å². The molecule has 9 heteroatoms. The van der Waals surface area contributed by atoms with Gasteiger partial charge >= 0.3 is 6.16 Å². The Morgan fingerprint density at radius 1 is 1.14 bits per heavy atom. The largest absolute Gasteiger partial charge is 0.514 e. The number of ether oxygens (including phenoxy) is 3. The Labute approximate surface area is 169 Å². The zero-order valence-corrected chi connectivity index (χ0v) is 16.3. The van der Waals surface area contributed by atoms with Gasteiger partial charge in [0.1, 0.15) is 5.75 Å². The van der Waals surface area contributed by atoms with E-state index in [4.69, 9.17) is 14.2 Å². The van der Waals surface area contributed by atoms with Gasteiger partial charge in [-0.05, 0) is 24.5 Å². The zero-order chi connectivity index (χ0) is 20.6. The second kappa shape index (κ2) is 10.2. The van der Waals surface area contributed by atoms with Crippen LogP contribution < -0.4 is 4.74 Å². The van der Waals surface area contributed by atoms with Crippen LogP contribution in [0, 0.1) is 16.0 Å². The maximum atomic E-state index is 12.9. The predicted molar refractivity (Wildman–Crippen MR) is 103 cm³/mol. The molecule has 1 saturated carbocycles. The molecule has 3 rings (SSSR count). The van der Waals surface area contributed by atoms with E-state index in [1.54, 1.807) is 4.90 Å². The van der Waals surface area contributed by atoms with Gasteiger partial charge in [0.05, 0.1) is 18.1 Å². The molecule has 0 bridgehead atoms. The summed E-state index contributed by atoms with van der Waals surface area (Å²) in [5.74, 6) is 0.237. The van der Waals surface area contributed by atoms with Gasteiger partial charge < -0.3 is 19.1 Å². The third-order valence-corrected chi connectivity index (χ3v) is 5.36. The summed E-state index contributed by atoms with van der Waals surface area (Å²) in [6, 6.07) is 5.11. The van der Waals surface area contributed by atoms with Gasteiger partial charge in [-0.2, -0.15) is 0 Å². The van der Waals surface area contributed by atoms with Crippen LogP contribution in [0.15, 0.2) is 24.3 Å². The number of hydrogen-bond donors (Lipinski definition) is 0. The third kappa shape index (κ3) is 6.15. The molecule has 0 unspecified atom stereocenters. The molecular formula is C20H26N2O7. The average molecular weight is 406 g/mol. The number of rotatable bonds is 6. The van der Waals surface area contributed by atoms with Crippen molar-refractivity contribution in [3.63, 3.8) is 0 Å². The van der Waals surface area contributed by atoms with Gasteiger partial charge in [-0.3, -0.25) is 14.9 Å². The zero-order valence-electron chi connectivity index (χ0n) is 16.3. The summed E-state index contributed by atoms with van der Waals surface area (Å²) >= 11 is 0. The number of non-ortho nitro benzene ring substituents is 1. The summed E-state index contributed by atoms with van der Waals surface area (Å²) in [5.41, 5.74) is -0.108. The quantitative estimate of drug-likeness (QED) is 0.309. The molecule has 0 N–H and O–H groups in total. The molecule has 2 aliphatic rings. The molecule has 1 amide bonds. The maximum Gasteiger partial charge on any atom is 0.514 e. The van der Waals surface area contributed by atoms with E-state index >= 15 is 0 Å². The van der Waals surface area contributed by atoms with Gasteiger partial charge in [-0.1, -0.05) is 32.1 Å². The molecule has 1 aromatic carbocycles. The maximum absolute atomic E-state index is 12.9. The molecule has 1 aliphatic heterocycles. The summed E-state index contributed by atoms with van der Waals surface area (Å²) in [6.45, 7) is 1.88. The Morgan fingerprint density at radius 3 is 2.41 bits per heavy atom. The van der Waals surface area contributed by atoms with Crippen molar-refractivity contribution >= 4 is 17.7 Å². The van der Waals surface area contributed by atoms with Crippen molar-refractivity contribution in [1.29, 1.82) is 0 Å². The van der Waals surface area contributed by atoms with E-state index in [-0.39, 0.29) is 17.3 Å². The van der Waals surface area contributed by atoms with Gasteiger partial charge in [0, 0.05) is 25.2 Å². The highest BCUT2D eigenvalue weighted by atomic mass is 16.7. The molecule has 29 heavy (non-hydrogen) atoms. The monoisotopic (exact) mass is 406 g/mol. The number of benzene rings is 1. The minimum atomic E-state index is -0.985. The van der Waals surface area contributed by atoms with Crippen LogP contribution in [0.5, 0.6) is 5.75 Å². The first-order valence-corrected chi connectivity index (χ1v) is 10.0. The SMILES string of the molecule is O=C(Oc1ccc([N+](=O)[O-])cc1)O[C@H](CC1CCCCC1)C(=O)N1CCOCC1. The number of carbonyl (C=O) groups excluding carboxylic acids is 2. The molecule has 158 valence electrons. The Bertz CT molecular complexity index is 710. The van der Waals surface area contributed by atoms with E-state index in [2.05, 4.69) is 0 Å². The summed E-state index contributed by atoms with van der Waals surface area (Å²) in [7, 11) is 0. The number of hydrogen-bond acceptors (Lipinski definition) is 7. The van der Waals surface area contributed by atoms with Crippen LogP contribution >= 0.6 is 0 Å². The lowest BCUT2D eigenvalue weighted by Gasteiger charge is -2.32. The molecule has 2 fully saturated rings. The van der Waals surface area contributed by atoms with Crippen molar-refractivity contribution in [3.05, 3.63) is 34.4 Å². The van der Waals surface area contributed by atoms with Crippen molar-refractivity contribution in [2.75, 3.05) is 26.3 Å². The Hall–Kier alpha value is -2.68. The lowest BCUT2D eigenvalue weighted by Crippen LogP contribution is -2.47. The van der Waals surface area contributed by atoms with E-state index in [1.807, 2.05) is 0 Å². The van der Waals surface area contributed by atoms with Crippen molar-refractivity contribution < 1.29 is 28.7 Å². The highest BCUT2D eigenvalue weighted by Crippen LogP contribution is 2.29. The molecule has 1 aliphatic carbocycles. The van der Waals surface area contributed by atoms with Crippen molar-refractivity contribution in [2.45, 2.75) is 44.6 Å². The van der Waals surface area contributed by atoms with Crippen LogP contribution in [0.3, 0.4) is 0 Å². The first kappa shape index (κ1) is 21.0. The lowest BCUT2D eigenvalue weighted by atomic mass is 9.85. The fraction of sp³-hybridized carbons (Fsp3) is 0.600. The lowest BCUT2D eigenvalue weighted by molar-refractivity contribution is -0.384. The van der Waals surface area contributed by atoms with Gasteiger partial charge in [-0.25, -0.2) is 4.79 Å². The number of morpholine rings is 1. The second-order valence-corrected chi connectivity index (χ2v) is 7.39. The molecule has 9 nitrogen and oxygen atoms in total. The van der Waals surface area contributed by atoms with Crippen LogP contribution in [-0.4, -0.2) is 54.3 Å². The number of amides is 1. The fourth-order valence-corrected chi connectivity index (χ4v) is 3.78. The Balaban J connectivity index is 1.63. The number of nitro groups is 1. The number of nitrogens with zero attached hydrogens (tertiary/aromatic N) is 2. The van der Waals surface area contributed by atoms with E-state index in [0.29, 0.717) is 38.6 Å². The second-order valence-electron chi connectivity index (χ2n) is 7.39. The molecule has 1 aromatic rings. The molecule has 1 atom stereocenters. The van der Waals surface area contributed by atoms with Crippen LogP contribution in [-0.2, 0) is 14.3 Å². The van der Waals surface area contributed by atoms with Crippen LogP contribution in [0.4, 0.5) is 10.5 Å². The van der Waals surface area contributed by atoms with Gasteiger partial charge in [0.25, 0.3) is 11.6 Å². The van der Waals surface area contributed by atoms with E-state index in [1.165, 1.54) is 30.7 Å². The topological polar surface area (TPSA) is 108 Å². The van der Waals surface area contributed by atoms with Gasteiger partial charge in [0.2, 0.25) is 0 Å².